The largest absolute Gasteiger partial charge is 0.392 e. The van der Waals surface area contributed by atoms with Gasteiger partial charge in [-0.25, -0.2) is 23.5 Å². The van der Waals surface area contributed by atoms with Crippen LogP contribution in [0.2, 0.25) is 0 Å². The molecule has 1 aromatic heterocycles. The summed E-state index contributed by atoms with van der Waals surface area (Å²) in [6.45, 7) is 3.71. The summed E-state index contributed by atoms with van der Waals surface area (Å²) < 4.78 is 28.8. The van der Waals surface area contributed by atoms with E-state index in [1.165, 1.54) is 12.1 Å². The van der Waals surface area contributed by atoms with Gasteiger partial charge in [0, 0.05) is 38.3 Å². The van der Waals surface area contributed by atoms with Crippen molar-refractivity contribution in [1.82, 2.24) is 9.97 Å². The summed E-state index contributed by atoms with van der Waals surface area (Å²) in [6.07, 6.45) is 9.06. The van der Waals surface area contributed by atoms with Crippen LogP contribution in [0, 0.1) is 11.6 Å². The number of nitrogens with one attached hydrogen (secondary N) is 1. The molecule has 2 aromatic rings. The molecule has 1 saturated carbocycles. The monoisotopic (exact) mass is 472 g/mol. The second-order valence-corrected chi connectivity index (χ2v) is 8.79. The minimum atomic E-state index is -1.09. The van der Waals surface area contributed by atoms with E-state index in [9.17, 15) is 13.6 Å². The molecule has 1 aliphatic carbocycles. The predicted molar refractivity (Wildman–Crippen MR) is 126 cm³/mol. The highest BCUT2D eigenvalue weighted by atomic mass is 19.2. The molecule has 0 atom stereocenters. The number of primary amides is 1. The Balaban J connectivity index is 1.26. The van der Waals surface area contributed by atoms with E-state index < -0.39 is 17.7 Å². The summed E-state index contributed by atoms with van der Waals surface area (Å²) in [4.78, 5) is 27.8. The van der Waals surface area contributed by atoms with Crippen LogP contribution in [-0.4, -0.2) is 40.9 Å². The van der Waals surface area contributed by atoms with Gasteiger partial charge >= 0.3 is 6.03 Å². The first-order valence-electron chi connectivity index (χ1n) is 11.8. The number of aromatic nitrogens is 2. The molecular formula is C24H30F2N6O2. The lowest BCUT2D eigenvalue weighted by molar-refractivity contribution is 0.0406. The first-order chi connectivity index (χ1) is 16.4. The van der Waals surface area contributed by atoms with Gasteiger partial charge < -0.3 is 20.8 Å². The number of amides is 2. The van der Waals surface area contributed by atoms with E-state index in [1.54, 1.807) is 0 Å². The van der Waals surface area contributed by atoms with Crippen molar-refractivity contribution in [1.29, 1.82) is 0 Å². The molecule has 2 aliphatic rings. The van der Waals surface area contributed by atoms with Gasteiger partial charge in [0.05, 0.1) is 11.4 Å². The summed E-state index contributed by atoms with van der Waals surface area (Å²) in [5.41, 5.74) is 7.12. The Kier molecular flexibility index (Phi) is 7.54. The number of oxime groups is 1. The van der Waals surface area contributed by atoms with Gasteiger partial charge in [-0.15, -0.1) is 0 Å². The second kappa shape index (κ2) is 10.8. The van der Waals surface area contributed by atoms with Crippen molar-refractivity contribution in [2.75, 3.05) is 23.3 Å². The maximum atomic E-state index is 14.5. The van der Waals surface area contributed by atoms with Crippen LogP contribution in [0.25, 0.3) is 0 Å². The smallest absolute Gasteiger partial charge is 0.316 e. The van der Waals surface area contributed by atoms with Gasteiger partial charge in [-0.2, -0.15) is 0 Å². The molecule has 34 heavy (non-hydrogen) atoms. The predicted octanol–water partition coefficient (Wildman–Crippen LogP) is 4.51. The SMILES string of the molecule is CCc1cnc(N2CCC(ON=C3CCC(c4ccc(NC(N)=O)c(F)c4F)CC3)CC2)nc1. The second-order valence-electron chi connectivity index (χ2n) is 8.79. The standard InChI is InChI=1S/C24H30F2N6O2/c1-2-15-13-28-24(29-14-15)32-11-9-18(10-12-32)34-31-17-5-3-16(4-6-17)19-7-8-20(30-23(27)33)22(26)21(19)25/h7-8,13-14,16,18H,2-6,9-12H2,1H3,(H3,27,30,33). The Bertz CT molecular complexity index is 1030. The molecular weight excluding hydrogens is 442 g/mol. The number of piperidine rings is 1. The van der Waals surface area contributed by atoms with Crippen LogP contribution >= 0.6 is 0 Å². The van der Waals surface area contributed by atoms with Crippen LogP contribution in [0.3, 0.4) is 0 Å². The Morgan fingerprint density at radius 1 is 1.15 bits per heavy atom. The topological polar surface area (TPSA) is 106 Å². The minimum absolute atomic E-state index is 0.0493. The minimum Gasteiger partial charge on any atom is -0.392 e. The molecule has 0 unspecified atom stereocenters. The van der Waals surface area contributed by atoms with Gasteiger partial charge in [-0.05, 0) is 55.2 Å². The number of halogens is 2. The van der Waals surface area contributed by atoms with E-state index in [1.807, 2.05) is 12.4 Å². The number of hydrogen-bond donors (Lipinski definition) is 2. The Labute approximate surface area is 197 Å². The molecule has 10 heteroatoms. The van der Waals surface area contributed by atoms with Crippen molar-refractivity contribution in [3.8, 4) is 0 Å². The van der Waals surface area contributed by atoms with Crippen LogP contribution in [0.15, 0.2) is 29.7 Å². The summed E-state index contributed by atoms with van der Waals surface area (Å²) in [6, 6.07) is 1.93. The molecule has 4 rings (SSSR count). The third-order valence-corrected chi connectivity index (χ3v) is 6.53. The van der Waals surface area contributed by atoms with Crippen LogP contribution in [-0.2, 0) is 11.3 Å². The highest BCUT2D eigenvalue weighted by molar-refractivity contribution is 5.88. The number of nitrogens with zero attached hydrogens (tertiary/aromatic N) is 4. The Morgan fingerprint density at radius 2 is 1.82 bits per heavy atom. The van der Waals surface area contributed by atoms with Crippen molar-refractivity contribution in [2.24, 2.45) is 10.9 Å². The van der Waals surface area contributed by atoms with E-state index in [0.717, 1.165) is 49.6 Å². The molecule has 2 heterocycles. The van der Waals surface area contributed by atoms with Crippen LogP contribution in [0.5, 0.6) is 0 Å². The highest BCUT2D eigenvalue weighted by Gasteiger charge is 2.26. The Hall–Kier alpha value is -3.30. The quantitative estimate of drug-likeness (QED) is 0.602. The number of rotatable bonds is 6. The van der Waals surface area contributed by atoms with Crippen molar-refractivity contribution >= 4 is 23.4 Å². The molecule has 0 spiro atoms. The van der Waals surface area contributed by atoms with Gasteiger partial charge in [0.15, 0.2) is 11.6 Å². The zero-order valence-electron chi connectivity index (χ0n) is 19.3. The fraction of sp³-hybridized carbons (Fsp3) is 0.500. The maximum absolute atomic E-state index is 14.5. The number of hydrogen-bond acceptors (Lipinski definition) is 6. The van der Waals surface area contributed by atoms with Crippen molar-refractivity contribution in [3.63, 3.8) is 0 Å². The van der Waals surface area contributed by atoms with Crippen molar-refractivity contribution in [2.45, 2.75) is 63.9 Å². The average molecular weight is 473 g/mol. The molecule has 1 aliphatic heterocycles. The first kappa shape index (κ1) is 23.8. The van der Waals surface area contributed by atoms with Crippen LogP contribution < -0.4 is 16.0 Å². The number of anilines is 2. The lowest BCUT2D eigenvalue weighted by Gasteiger charge is -2.31. The lowest BCUT2D eigenvalue weighted by Crippen LogP contribution is -2.37. The molecule has 182 valence electrons. The summed E-state index contributed by atoms with van der Waals surface area (Å²) in [7, 11) is 0. The fourth-order valence-corrected chi connectivity index (χ4v) is 4.47. The number of carbonyl (C=O) groups excluding carboxylic acids is 1. The number of urea groups is 1. The molecule has 0 radical (unpaired) electrons. The number of nitrogens with two attached hydrogens (primary N) is 1. The zero-order valence-corrected chi connectivity index (χ0v) is 19.3. The normalized spacial score (nSPS) is 19.1. The summed E-state index contributed by atoms with van der Waals surface area (Å²) in [5.74, 6) is -1.38. The van der Waals surface area contributed by atoms with Gasteiger partial charge in [0.1, 0.15) is 6.10 Å². The van der Waals surface area contributed by atoms with Crippen LogP contribution in [0.1, 0.15) is 62.5 Å². The number of carbonyl (C=O) groups is 1. The Morgan fingerprint density at radius 3 is 2.44 bits per heavy atom. The van der Waals surface area contributed by atoms with E-state index in [4.69, 9.17) is 10.6 Å². The van der Waals surface area contributed by atoms with E-state index in [2.05, 4.69) is 32.3 Å². The van der Waals surface area contributed by atoms with Gasteiger partial charge in [0.25, 0.3) is 0 Å². The van der Waals surface area contributed by atoms with E-state index in [-0.39, 0.29) is 17.7 Å². The first-order valence-corrected chi connectivity index (χ1v) is 11.8. The number of aryl methyl sites for hydroxylation is 1. The van der Waals surface area contributed by atoms with Gasteiger partial charge in [-0.3, -0.25) is 0 Å². The molecule has 2 amide bonds. The fourth-order valence-electron chi connectivity index (χ4n) is 4.47. The molecule has 3 N–H and O–H groups in total. The lowest BCUT2D eigenvalue weighted by atomic mass is 9.83. The van der Waals surface area contributed by atoms with Crippen LogP contribution in [0.4, 0.5) is 25.2 Å². The van der Waals surface area contributed by atoms with Crippen molar-refractivity contribution < 1.29 is 18.4 Å². The highest BCUT2D eigenvalue weighted by Crippen LogP contribution is 2.35. The molecule has 0 bridgehead atoms. The molecule has 2 fully saturated rings. The van der Waals surface area contributed by atoms with E-state index >= 15 is 0 Å². The van der Waals surface area contributed by atoms with Crippen molar-refractivity contribution in [3.05, 3.63) is 47.3 Å². The summed E-state index contributed by atoms with van der Waals surface area (Å²) >= 11 is 0. The molecule has 8 nitrogen and oxygen atoms in total. The zero-order chi connectivity index (χ0) is 24.1. The van der Waals surface area contributed by atoms with Gasteiger partial charge in [0.2, 0.25) is 5.95 Å². The number of benzene rings is 1. The third kappa shape index (κ3) is 5.60. The molecule has 1 saturated heterocycles. The third-order valence-electron chi connectivity index (χ3n) is 6.53. The summed E-state index contributed by atoms with van der Waals surface area (Å²) in [5, 5.41) is 6.47. The molecule has 1 aromatic carbocycles. The van der Waals surface area contributed by atoms with E-state index in [0.29, 0.717) is 31.2 Å². The maximum Gasteiger partial charge on any atom is 0.316 e. The van der Waals surface area contributed by atoms with Gasteiger partial charge in [-0.1, -0.05) is 18.1 Å². The average Bonchev–Trinajstić information content (AvgIpc) is 2.86.